The highest BCUT2D eigenvalue weighted by Crippen LogP contribution is 2.08. The molecule has 0 atom stereocenters. The van der Waals surface area contributed by atoms with E-state index in [1.165, 1.54) is 4.68 Å². The van der Waals surface area contributed by atoms with Gasteiger partial charge in [-0.05, 0) is 32.4 Å². The van der Waals surface area contributed by atoms with Gasteiger partial charge in [0.25, 0.3) is 5.56 Å². The van der Waals surface area contributed by atoms with Crippen molar-refractivity contribution in [3.63, 3.8) is 0 Å². The van der Waals surface area contributed by atoms with E-state index < -0.39 is 0 Å². The minimum atomic E-state index is -0.0777. The zero-order chi connectivity index (χ0) is 15.0. The first kappa shape index (κ1) is 16.4. The van der Waals surface area contributed by atoms with Gasteiger partial charge in [0.1, 0.15) is 0 Å². The molecule has 1 aromatic rings. The molecule has 0 saturated heterocycles. The summed E-state index contributed by atoms with van der Waals surface area (Å²) >= 11 is 0. The van der Waals surface area contributed by atoms with Crippen LogP contribution in [0.3, 0.4) is 0 Å². The molecule has 0 aliphatic heterocycles. The maximum Gasteiger partial charge on any atom is 0.269 e. The second-order valence-corrected chi connectivity index (χ2v) is 4.81. The molecule has 1 heterocycles. The zero-order valence-electron chi connectivity index (χ0n) is 12.9. The molecular formula is C15H26N4O. The summed E-state index contributed by atoms with van der Waals surface area (Å²) in [5, 5.41) is 7.51. The molecule has 1 N–H and O–H groups in total. The minimum Gasteiger partial charge on any atom is -0.371 e. The predicted octanol–water partition coefficient (Wildman–Crippen LogP) is 1.65. The number of hydrogen-bond donors (Lipinski definition) is 1. The lowest BCUT2D eigenvalue weighted by molar-refractivity contribution is 0.602. The van der Waals surface area contributed by atoms with Gasteiger partial charge in [0.15, 0.2) is 0 Å². The number of anilines is 1. The Morgan fingerprint density at radius 2 is 2.10 bits per heavy atom. The highest BCUT2D eigenvalue weighted by Gasteiger charge is 2.06. The summed E-state index contributed by atoms with van der Waals surface area (Å²) in [4.78, 5) is 14.2. The van der Waals surface area contributed by atoms with Crippen LogP contribution in [0.15, 0.2) is 29.2 Å². The van der Waals surface area contributed by atoms with Gasteiger partial charge in [-0.25, -0.2) is 4.68 Å². The molecule has 0 bridgehead atoms. The number of nitrogens with one attached hydrogen (secondary N) is 1. The van der Waals surface area contributed by atoms with E-state index >= 15 is 0 Å². The lowest BCUT2D eigenvalue weighted by Crippen LogP contribution is -2.29. The molecule has 0 spiro atoms. The van der Waals surface area contributed by atoms with Crippen molar-refractivity contribution >= 4 is 5.69 Å². The Hall–Kier alpha value is -1.62. The van der Waals surface area contributed by atoms with Gasteiger partial charge in [-0.2, -0.15) is 5.10 Å². The molecule has 0 unspecified atom stereocenters. The Labute approximate surface area is 121 Å². The standard InChI is InChI=1S/C15H26N4O/c1-5-8-16-10-13(4)12-19-15(20)9-14(11-17-19)18(6-2)7-3/h9,11,16H,4-8,10,12H2,1-3H3. The summed E-state index contributed by atoms with van der Waals surface area (Å²) in [6.07, 6.45) is 2.84. The summed E-state index contributed by atoms with van der Waals surface area (Å²) in [5.74, 6) is 0. The van der Waals surface area contributed by atoms with Crippen LogP contribution in [0.5, 0.6) is 0 Å². The molecule has 0 amide bonds. The Bertz CT molecular complexity index is 477. The van der Waals surface area contributed by atoms with E-state index in [1.54, 1.807) is 12.3 Å². The molecule has 1 aromatic heterocycles. The second-order valence-electron chi connectivity index (χ2n) is 4.81. The molecule has 5 heteroatoms. The highest BCUT2D eigenvalue weighted by atomic mass is 16.1. The molecule has 0 fully saturated rings. The van der Waals surface area contributed by atoms with Crippen LogP contribution in [0.25, 0.3) is 0 Å². The topological polar surface area (TPSA) is 50.2 Å². The summed E-state index contributed by atoms with van der Waals surface area (Å²) in [6, 6.07) is 1.65. The van der Waals surface area contributed by atoms with Crippen LogP contribution in [0.2, 0.25) is 0 Å². The monoisotopic (exact) mass is 278 g/mol. The van der Waals surface area contributed by atoms with Gasteiger partial charge in [-0.3, -0.25) is 4.79 Å². The van der Waals surface area contributed by atoms with Crippen LogP contribution in [0, 0.1) is 0 Å². The molecule has 20 heavy (non-hydrogen) atoms. The number of hydrogen-bond acceptors (Lipinski definition) is 4. The molecule has 5 nitrogen and oxygen atoms in total. The van der Waals surface area contributed by atoms with Crippen molar-refractivity contribution in [3.05, 3.63) is 34.8 Å². The van der Waals surface area contributed by atoms with E-state index in [1.807, 2.05) is 0 Å². The maximum atomic E-state index is 12.1. The van der Waals surface area contributed by atoms with E-state index in [0.717, 1.165) is 43.9 Å². The molecular weight excluding hydrogens is 252 g/mol. The molecule has 0 aliphatic carbocycles. The fraction of sp³-hybridized carbons (Fsp3) is 0.600. The zero-order valence-corrected chi connectivity index (χ0v) is 12.9. The second kappa shape index (κ2) is 8.53. The van der Waals surface area contributed by atoms with Crippen LogP contribution in [-0.4, -0.2) is 36.0 Å². The predicted molar refractivity (Wildman–Crippen MR) is 84.4 cm³/mol. The summed E-state index contributed by atoms with van der Waals surface area (Å²) < 4.78 is 1.46. The van der Waals surface area contributed by atoms with Gasteiger partial charge in [0.05, 0.1) is 18.4 Å². The fourth-order valence-electron chi connectivity index (χ4n) is 2.01. The van der Waals surface area contributed by atoms with Crippen molar-refractivity contribution in [1.82, 2.24) is 15.1 Å². The van der Waals surface area contributed by atoms with Crippen LogP contribution < -0.4 is 15.8 Å². The third kappa shape index (κ3) is 4.81. The summed E-state index contributed by atoms with van der Waals surface area (Å²) in [5.41, 5.74) is 1.76. The largest absolute Gasteiger partial charge is 0.371 e. The van der Waals surface area contributed by atoms with Crippen LogP contribution in [0.1, 0.15) is 27.2 Å². The van der Waals surface area contributed by atoms with E-state index in [2.05, 4.69) is 42.7 Å². The molecule has 0 radical (unpaired) electrons. The molecule has 0 aromatic carbocycles. The molecule has 0 saturated carbocycles. The fourth-order valence-corrected chi connectivity index (χ4v) is 2.01. The van der Waals surface area contributed by atoms with Crippen molar-refractivity contribution in [3.8, 4) is 0 Å². The first-order valence-electron chi connectivity index (χ1n) is 7.31. The van der Waals surface area contributed by atoms with Gasteiger partial charge in [-0.1, -0.05) is 13.5 Å². The Balaban J connectivity index is 2.69. The highest BCUT2D eigenvalue weighted by molar-refractivity contribution is 5.42. The lowest BCUT2D eigenvalue weighted by atomic mass is 10.3. The van der Waals surface area contributed by atoms with Crippen LogP contribution in [-0.2, 0) is 6.54 Å². The van der Waals surface area contributed by atoms with Crippen molar-refractivity contribution in [2.24, 2.45) is 0 Å². The van der Waals surface area contributed by atoms with Gasteiger partial charge >= 0.3 is 0 Å². The quantitative estimate of drug-likeness (QED) is 0.551. The van der Waals surface area contributed by atoms with E-state index in [9.17, 15) is 4.79 Å². The van der Waals surface area contributed by atoms with Crippen molar-refractivity contribution in [1.29, 1.82) is 0 Å². The van der Waals surface area contributed by atoms with E-state index in [4.69, 9.17) is 0 Å². The van der Waals surface area contributed by atoms with Gasteiger partial charge in [-0.15, -0.1) is 0 Å². The van der Waals surface area contributed by atoms with Crippen molar-refractivity contribution < 1.29 is 0 Å². The molecule has 0 aliphatic rings. The first-order chi connectivity index (χ1) is 9.62. The van der Waals surface area contributed by atoms with E-state index in [0.29, 0.717) is 6.54 Å². The van der Waals surface area contributed by atoms with Gasteiger partial charge in [0, 0.05) is 25.7 Å². The Kier molecular flexibility index (Phi) is 7.01. The van der Waals surface area contributed by atoms with Crippen molar-refractivity contribution in [2.75, 3.05) is 31.1 Å². The number of aromatic nitrogens is 2. The SMILES string of the molecule is C=C(CNCCC)Cn1ncc(N(CC)CC)cc1=O. The van der Waals surface area contributed by atoms with Gasteiger partial charge in [0.2, 0.25) is 0 Å². The Morgan fingerprint density at radius 1 is 1.40 bits per heavy atom. The average molecular weight is 278 g/mol. The van der Waals surface area contributed by atoms with E-state index in [-0.39, 0.29) is 5.56 Å². The maximum absolute atomic E-state index is 12.1. The number of rotatable bonds is 9. The summed E-state index contributed by atoms with van der Waals surface area (Å²) in [7, 11) is 0. The summed E-state index contributed by atoms with van der Waals surface area (Å²) in [6.45, 7) is 14.1. The molecule has 1 rings (SSSR count). The molecule has 112 valence electrons. The smallest absolute Gasteiger partial charge is 0.269 e. The van der Waals surface area contributed by atoms with Crippen molar-refractivity contribution in [2.45, 2.75) is 33.7 Å². The third-order valence-corrected chi connectivity index (χ3v) is 3.16. The number of nitrogens with zero attached hydrogens (tertiary/aromatic N) is 3. The average Bonchev–Trinajstić information content (AvgIpc) is 2.43. The minimum absolute atomic E-state index is 0.0777. The van der Waals surface area contributed by atoms with Crippen LogP contribution in [0.4, 0.5) is 5.69 Å². The lowest BCUT2D eigenvalue weighted by Gasteiger charge is -2.20. The van der Waals surface area contributed by atoms with Crippen LogP contribution >= 0.6 is 0 Å². The first-order valence-corrected chi connectivity index (χ1v) is 7.31. The van der Waals surface area contributed by atoms with Gasteiger partial charge < -0.3 is 10.2 Å². The normalized spacial score (nSPS) is 10.6. The third-order valence-electron chi connectivity index (χ3n) is 3.16. The Morgan fingerprint density at radius 3 is 2.65 bits per heavy atom.